The topological polar surface area (TPSA) is 48.1 Å². The normalized spacial score (nSPS) is 11.0. The summed E-state index contributed by atoms with van der Waals surface area (Å²) in [6.45, 7) is 6.54. The summed E-state index contributed by atoms with van der Waals surface area (Å²) in [5, 5.41) is 0.957. The molecule has 1 rings (SSSR count). The number of nitrogen functional groups attached to an aromatic ring is 1. The van der Waals surface area contributed by atoms with Gasteiger partial charge in [-0.2, -0.15) is 0 Å². The molecule has 12 heavy (non-hydrogen) atoms. The summed E-state index contributed by atoms with van der Waals surface area (Å²) < 4.78 is 5.39. The first-order valence-electron chi connectivity index (χ1n) is 3.93. The van der Waals surface area contributed by atoms with Gasteiger partial charge in [0.2, 0.25) is 0 Å². The number of hydrogen-bond donors (Lipinski definition) is 1. The number of aromatic nitrogens is 1. The van der Waals surface area contributed by atoms with Gasteiger partial charge in [0, 0.05) is 4.88 Å². The number of aryl methyl sites for hydroxylation is 1. The molecule has 0 saturated heterocycles. The zero-order valence-corrected chi connectivity index (χ0v) is 8.44. The van der Waals surface area contributed by atoms with Crippen LogP contribution in [-0.4, -0.2) is 11.1 Å². The fourth-order valence-corrected chi connectivity index (χ4v) is 1.54. The molecule has 1 heterocycles. The second kappa shape index (κ2) is 3.87. The molecule has 0 aliphatic rings. The van der Waals surface area contributed by atoms with Gasteiger partial charge in [0.15, 0.2) is 0 Å². The molecular formula is C8H14N2OS. The molecule has 0 amide bonds. The lowest BCUT2D eigenvalue weighted by molar-refractivity contribution is 0.0656. The SMILES string of the molecule is Cc1sc(COC(C)C)nc1N. The van der Waals surface area contributed by atoms with E-state index in [9.17, 15) is 0 Å². The van der Waals surface area contributed by atoms with Gasteiger partial charge in [-0.3, -0.25) is 0 Å². The zero-order valence-electron chi connectivity index (χ0n) is 7.63. The zero-order chi connectivity index (χ0) is 9.14. The quantitative estimate of drug-likeness (QED) is 0.785. The number of nitrogens with zero attached hydrogens (tertiary/aromatic N) is 1. The van der Waals surface area contributed by atoms with E-state index in [-0.39, 0.29) is 6.10 Å². The van der Waals surface area contributed by atoms with Crippen LogP contribution in [-0.2, 0) is 11.3 Å². The Labute approximate surface area is 76.6 Å². The van der Waals surface area contributed by atoms with Crippen molar-refractivity contribution in [1.29, 1.82) is 0 Å². The molecule has 0 bridgehead atoms. The summed E-state index contributed by atoms with van der Waals surface area (Å²) in [6, 6.07) is 0. The van der Waals surface area contributed by atoms with E-state index in [1.54, 1.807) is 11.3 Å². The molecule has 0 aromatic carbocycles. The molecule has 1 aromatic rings. The maximum Gasteiger partial charge on any atom is 0.137 e. The Morgan fingerprint density at radius 1 is 1.58 bits per heavy atom. The van der Waals surface area contributed by atoms with E-state index in [0.717, 1.165) is 9.88 Å². The molecule has 0 aliphatic carbocycles. The van der Waals surface area contributed by atoms with Gasteiger partial charge < -0.3 is 10.5 Å². The highest BCUT2D eigenvalue weighted by atomic mass is 32.1. The summed E-state index contributed by atoms with van der Waals surface area (Å²) >= 11 is 1.60. The van der Waals surface area contributed by atoms with Crippen molar-refractivity contribution in [3.8, 4) is 0 Å². The number of hydrogen-bond acceptors (Lipinski definition) is 4. The van der Waals surface area contributed by atoms with E-state index < -0.39 is 0 Å². The first-order chi connectivity index (χ1) is 5.59. The molecule has 3 nitrogen and oxygen atoms in total. The fraction of sp³-hybridized carbons (Fsp3) is 0.625. The van der Waals surface area contributed by atoms with Gasteiger partial charge in [0.25, 0.3) is 0 Å². The lowest BCUT2D eigenvalue weighted by Crippen LogP contribution is -2.01. The minimum atomic E-state index is 0.246. The van der Waals surface area contributed by atoms with Gasteiger partial charge in [-0.15, -0.1) is 11.3 Å². The molecule has 68 valence electrons. The smallest absolute Gasteiger partial charge is 0.137 e. The number of thiazole rings is 1. The molecule has 0 radical (unpaired) electrons. The Bertz CT molecular complexity index is 238. The van der Waals surface area contributed by atoms with Crippen LogP contribution in [0.1, 0.15) is 23.7 Å². The van der Waals surface area contributed by atoms with Crippen LogP contribution >= 0.6 is 11.3 Å². The molecule has 0 aliphatic heterocycles. The van der Waals surface area contributed by atoms with E-state index in [1.165, 1.54) is 0 Å². The van der Waals surface area contributed by atoms with Crippen molar-refractivity contribution in [1.82, 2.24) is 4.98 Å². The van der Waals surface area contributed by atoms with Gasteiger partial charge in [-0.25, -0.2) is 4.98 Å². The average Bonchev–Trinajstić information content (AvgIpc) is 2.28. The van der Waals surface area contributed by atoms with Crippen molar-refractivity contribution in [3.05, 3.63) is 9.88 Å². The third-order valence-electron chi connectivity index (χ3n) is 1.42. The largest absolute Gasteiger partial charge is 0.383 e. The Kier molecular flexibility index (Phi) is 3.05. The number of anilines is 1. The van der Waals surface area contributed by atoms with Gasteiger partial charge >= 0.3 is 0 Å². The Balaban J connectivity index is 2.53. The lowest BCUT2D eigenvalue weighted by Gasteiger charge is -2.03. The molecule has 0 spiro atoms. The van der Waals surface area contributed by atoms with E-state index in [4.69, 9.17) is 10.5 Å². The predicted molar refractivity (Wildman–Crippen MR) is 51.2 cm³/mol. The first-order valence-corrected chi connectivity index (χ1v) is 4.74. The number of nitrogens with two attached hydrogens (primary N) is 1. The minimum absolute atomic E-state index is 0.246. The maximum atomic E-state index is 5.59. The monoisotopic (exact) mass is 186 g/mol. The Hall–Kier alpha value is -0.610. The van der Waals surface area contributed by atoms with Crippen LogP contribution in [0.4, 0.5) is 5.82 Å². The summed E-state index contributed by atoms with van der Waals surface area (Å²) in [6.07, 6.45) is 0.246. The van der Waals surface area contributed by atoms with Gasteiger partial charge in [0.1, 0.15) is 10.8 Å². The molecule has 0 unspecified atom stereocenters. The highest BCUT2D eigenvalue weighted by molar-refractivity contribution is 7.12. The number of rotatable bonds is 3. The van der Waals surface area contributed by atoms with Crippen LogP contribution in [0.5, 0.6) is 0 Å². The minimum Gasteiger partial charge on any atom is -0.383 e. The molecule has 4 heteroatoms. The second-order valence-electron chi connectivity index (χ2n) is 2.91. The van der Waals surface area contributed by atoms with Crippen molar-refractivity contribution in [3.63, 3.8) is 0 Å². The Morgan fingerprint density at radius 3 is 2.67 bits per heavy atom. The van der Waals surface area contributed by atoms with E-state index in [1.807, 2.05) is 20.8 Å². The first kappa shape index (κ1) is 9.48. The van der Waals surface area contributed by atoms with Crippen LogP contribution in [0.2, 0.25) is 0 Å². The van der Waals surface area contributed by atoms with Crippen LogP contribution in [0, 0.1) is 6.92 Å². The molecule has 2 N–H and O–H groups in total. The van der Waals surface area contributed by atoms with Crippen LogP contribution < -0.4 is 5.73 Å². The van der Waals surface area contributed by atoms with E-state index in [2.05, 4.69) is 4.98 Å². The molecular weight excluding hydrogens is 172 g/mol. The lowest BCUT2D eigenvalue weighted by atomic mass is 10.5. The average molecular weight is 186 g/mol. The van der Waals surface area contributed by atoms with Gasteiger partial charge in [-0.1, -0.05) is 0 Å². The van der Waals surface area contributed by atoms with Crippen LogP contribution in [0.25, 0.3) is 0 Å². The third-order valence-corrected chi connectivity index (χ3v) is 2.38. The molecule has 0 fully saturated rings. The fourth-order valence-electron chi connectivity index (χ4n) is 0.765. The Morgan fingerprint density at radius 2 is 2.25 bits per heavy atom. The van der Waals surface area contributed by atoms with Crippen molar-refractivity contribution in [2.45, 2.75) is 33.5 Å². The summed E-state index contributed by atoms with van der Waals surface area (Å²) in [7, 11) is 0. The van der Waals surface area contributed by atoms with E-state index in [0.29, 0.717) is 12.4 Å². The second-order valence-corrected chi connectivity index (χ2v) is 4.20. The van der Waals surface area contributed by atoms with Crippen LogP contribution in [0.3, 0.4) is 0 Å². The maximum absolute atomic E-state index is 5.59. The van der Waals surface area contributed by atoms with Crippen molar-refractivity contribution in [2.75, 3.05) is 5.73 Å². The predicted octanol–water partition coefficient (Wildman–Crippen LogP) is 1.96. The standard InChI is InChI=1S/C8H14N2OS/c1-5(2)11-4-7-10-8(9)6(3)12-7/h5H,4,9H2,1-3H3. The molecule has 0 saturated carbocycles. The summed E-state index contributed by atoms with van der Waals surface area (Å²) in [5.41, 5.74) is 5.59. The summed E-state index contributed by atoms with van der Waals surface area (Å²) in [5.74, 6) is 0.627. The summed E-state index contributed by atoms with van der Waals surface area (Å²) in [4.78, 5) is 5.22. The van der Waals surface area contributed by atoms with Gasteiger partial charge in [-0.05, 0) is 20.8 Å². The molecule has 0 atom stereocenters. The highest BCUT2D eigenvalue weighted by Gasteiger charge is 2.04. The van der Waals surface area contributed by atoms with Crippen molar-refractivity contribution < 1.29 is 4.74 Å². The third kappa shape index (κ3) is 2.46. The van der Waals surface area contributed by atoms with Crippen molar-refractivity contribution >= 4 is 17.2 Å². The number of ether oxygens (including phenoxy) is 1. The van der Waals surface area contributed by atoms with Crippen LogP contribution in [0.15, 0.2) is 0 Å². The van der Waals surface area contributed by atoms with Gasteiger partial charge in [0.05, 0.1) is 12.7 Å². The highest BCUT2D eigenvalue weighted by Crippen LogP contribution is 2.19. The van der Waals surface area contributed by atoms with E-state index >= 15 is 0 Å². The molecule has 1 aromatic heterocycles. The van der Waals surface area contributed by atoms with Crippen molar-refractivity contribution in [2.24, 2.45) is 0 Å².